The van der Waals surface area contributed by atoms with Gasteiger partial charge in [0.15, 0.2) is 9.84 Å². The topological polar surface area (TPSA) is 82.8 Å². The van der Waals surface area contributed by atoms with Gasteiger partial charge in [-0.05, 0) is 12.1 Å². The molecule has 0 bridgehead atoms. The fourth-order valence-electron chi connectivity index (χ4n) is 1.34. The van der Waals surface area contributed by atoms with Crippen LogP contribution in [0.4, 0.5) is 0 Å². The Bertz CT molecular complexity index is 636. The summed E-state index contributed by atoms with van der Waals surface area (Å²) in [5.74, 6) is 0. The number of imidazole rings is 1. The van der Waals surface area contributed by atoms with Crippen molar-refractivity contribution in [3.63, 3.8) is 0 Å². The van der Waals surface area contributed by atoms with Gasteiger partial charge in [-0.15, -0.1) is 0 Å². The van der Waals surface area contributed by atoms with E-state index >= 15 is 0 Å². The van der Waals surface area contributed by atoms with E-state index in [0.717, 1.165) is 6.26 Å². The molecular formula is C8H8N2O3S. The van der Waals surface area contributed by atoms with E-state index in [4.69, 9.17) is 0 Å². The van der Waals surface area contributed by atoms with Crippen molar-refractivity contribution < 1.29 is 8.42 Å². The summed E-state index contributed by atoms with van der Waals surface area (Å²) in [6.07, 6.45) is 1.10. The highest BCUT2D eigenvalue weighted by molar-refractivity contribution is 7.91. The van der Waals surface area contributed by atoms with E-state index in [9.17, 15) is 13.2 Å². The van der Waals surface area contributed by atoms with E-state index in [0.29, 0.717) is 11.0 Å². The quantitative estimate of drug-likeness (QED) is 0.711. The number of hydrogen-bond acceptors (Lipinski definition) is 3. The smallest absolute Gasteiger partial charge is 0.306 e. The Labute approximate surface area is 79.7 Å². The van der Waals surface area contributed by atoms with Crippen LogP contribution in [0.3, 0.4) is 0 Å². The minimum atomic E-state index is -3.31. The summed E-state index contributed by atoms with van der Waals surface area (Å²) < 4.78 is 22.6. The van der Waals surface area contributed by atoms with Crippen LogP contribution in [0.2, 0.25) is 0 Å². The van der Waals surface area contributed by atoms with Gasteiger partial charge in [-0.2, -0.15) is 0 Å². The third-order valence-electron chi connectivity index (χ3n) is 1.91. The van der Waals surface area contributed by atoms with Gasteiger partial charge in [0.1, 0.15) is 0 Å². The summed E-state index contributed by atoms with van der Waals surface area (Å²) in [4.78, 5) is 16.0. The average Bonchev–Trinajstić information content (AvgIpc) is 2.41. The van der Waals surface area contributed by atoms with Gasteiger partial charge in [0.05, 0.1) is 15.9 Å². The molecule has 0 fully saturated rings. The third-order valence-corrected chi connectivity index (χ3v) is 3.05. The molecule has 0 aliphatic heterocycles. The average molecular weight is 212 g/mol. The van der Waals surface area contributed by atoms with Crippen LogP contribution in [-0.4, -0.2) is 24.6 Å². The van der Waals surface area contributed by atoms with Crippen LogP contribution in [0.1, 0.15) is 0 Å². The third kappa shape index (κ3) is 1.33. The van der Waals surface area contributed by atoms with E-state index in [1.165, 1.54) is 6.07 Å². The van der Waals surface area contributed by atoms with E-state index in [1.54, 1.807) is 12.1 Å². The van der Waals surface area contributed by atoms with Crippen molar-refractivity contribution in [2.24, 2.45) is 0 Å². The predicted octanol–water partition coefficient (Wildman–Crippen LogP) is 0.260. The molecule has 0 saturated heterocycles. The Balaban J connectivity index is 2.98. The van der Waals surface area contributed by atoms with E-state index in [1.807, 2.05) is 0 Å². The Morgan fingerprint density at radius 3 is 2.57 bits per heavy atom. The first-order valence-corrected chi connectivity index (χ1v) is 5.79. The second-order valence-corrected chi connectivity index (χ2v) is 5.01. The Hall–Kier alpha value is -1.56. The Kier molecular flexibility index (Phi) is 1.75. The molecule has 0 aliphatic carbocycles. The zero-order valence-corrected chi connectivity index (χ0v) is 8.18. The van der Waals surface area contributed by atoms with Gasteiger partial charge in [-0.25, -0.2) is 13.2 Å². The lowest BCUT2D eigenvalue weighted by molar-refractivity contribution is 0.602. The zero-order valence-electron chi connectivity index (χ0n) is 7.37. The largest absolute Gasteiger partial charge is 0.323 e. The summed E-state index contributed by atoms with van der Waals surface area (Å²) in [5.41, 5.74) is 0.425. The van der Waals surface area contributed by atoms with Crippen LogP contribution in [0, 0.1) is 0 Å². The molecule has 0 saturated carbocycles. The fraction of sp³-hybridized carbons (Fsp3) is 0.125. The second-order valence-electron chi connectivity index (χ2n) is 3.03. The minimum absolute atomic E-state index is 0.133. The molecule has 6 heteroatoms. The van der Waals surface area contributed by atoms with Crippen LogP contribution in [-0.2, 0) is 9.84 Å². The molecule has 74 valence electrons. The number of hydrogen-bond donors (Lipinski definition) is 2. The van der Waals surface area contributed by atoms with E-state index in [2.05, 4.69) is 9.97 Å². The molecule has 2 rings (SSSR count). The molecule has 2 aromatic rings. The maximum Gasteiger partial charge on any atom is 0.323 e. The standard InChI is InChI=1S/C8H8N2O3S/c1-14(12,13)6-4-2-3-5-7(6)10-8(11)9-5/h2-4H,1H3,(H2,9,10,11). The van der Waals surface area contributed by atoms with Gasteiger partial charge in [0.2, 0.25) is 0 Å². The molecule has 5 nitrogen and oxygen atoms in total. The number of aromatic amines is 2. The lowest BCUT2D eigenvalue weighted by atomic mass is 10.3. The van der Waals surface area contributed by atoms with Crippen LogP contribution < -0.4 is 5.69 Å². The molecule has 0 spiro atoms. The lowest BCUT2D eigenvalue weighted by Gasteiger charge is -1.98. The Morgan fingerprint density at radius 2 is 1.93 bits per heavy atom. The van der Waals surface area contributed by atoms with E-state index < -0.39 is 15.5 Å². The van der Waals surface area contributed by atoms with Crippen molar-refractivity contribution in [1.82, 2.24) is 9.97 Å². The van der Waals surface area contributed by atoms with Gasteiger partial charge < -0.3 is 9.97 Å². The number of aromatic nitrogens is 2. The van der Waals surface area contributed by atoms with Gasteiger partial charge >= 0.3 is 5.69 Å². The number of benzene rings is 1. The predicted molar refractivity (Wildman–Crippen MR) is 52.0 cm³/mol. The number of rotatable bonds is 1. The molecule has 0 aliphatic rings. The molecule has 0 unspecified atom stereocenters. The fourth-order valence-corrected chi connectivity index (χ4v) is 2.20. The monoisotopic (exact) mass is 212 g/mol. The van der Waals surface area contributed by atoms with Crippen molar-refractivity contribution in [1.29, 1.82) is 0 Å². The summed E-state index contributed by atoms with van der Waals surface area (Å²) in [6, 6.07) is 4.69. The first-order valence-electron chi connectivity index (χ1n) is 3.89. The van der Waals surface area contributed by atoms with Gasteiger partial charge in [0, 0.05) is 6.26 Å². The zero-order chi connectivity index (χ0) is 10.3. The highest BCUT2D eigenvalue weighted by Crippen LogP contribution is 2.17. The number of H-pyrrole nitrogens is 2. The molecule has 1 aromatic carbocycles. The molecule has 0 atom stereocenters. The maximum atomic E-state index is 11.3. The van der Waals surface area contributed by atoms with Crippen molar-refractivity contribution in [3.8, 4) is 0 Å². The highest BCUT2D eigenvalue weighted by atomic mass is 32.2. The lowest BCUT2D eigenvalue weighted by Crippen LogP contribution is -2.01. The molecular weight excluding hydrogens is 204 g/mol. The SMILES string of the molecule is CS(=O)(=O)c1cccc2[nH]c(=O)[nH]c12. The molecule has 1 aromatic heterocycles. The number of nitrogens with one attached hydrogen (secondary N) is 2. The summed E-state index contributed by atoms with van der Waals surface area (Å²) in [7, 11) is -3.31. The van der Waals surface area contributed by atoms with Gasteiger partial charge in [0.25, 0.3) is 0 Å². The number of para-hydroxylation sites is 1. The molecule has 2 N–H and O–H groups in total. The molecule has 0 amide bonds. The van der Waals surface area contributed by atoms with Gasteiger partial charge in [-0.3, -0.25) is 0 Å². The van der Waals surface area contributed by atoms with Gasteiger partial charge in [-0.1, -0.05) is 6.07 Å². The first kappa shape index (κ1) is 9.01. The van der Waals surface area contributed by atoms with Crippen molar-refractivity contribution >= 4 is 20.9 Å². The number of fused-ring (bicyclic) bond motifs is 1. The first-order chi connectivity index (χ1) is 6.48. The number of sulfone groups is 1. The van der Waals surface area contributed by atoms with Crippen molar-refractivity contribution in [3.05, 3.63) is 28.7 Å². The van der Waals surface area contributed by atoms with Crippen LogP contribution in [0.5, 0.6) is 0 Å². The minimum Gasteiger partial charge on any atom is -0.306 e. The summed E-state index contributed by atoms with van der Waals surface area (Å²) >= 11 is 0. The maximum absolute atomic E-state index is 11.3. The Morgan fingerprint density at radius 1 is 1.21 bits per heavy atom. The molecule has 1 heterocycles. The molecule has 14 heavy (non-hydrogen) atoms. The normalized spacial score (nSPS) is 12.1. The summed E-state index contributed by atoms with van der Waals surface area (Å²) in [5, 5.41) is 0. The van der Waals surface area contributed by atoms with E-state index in [-0.39, 0.29) is 4.90 Å². The highest BCUT2D eigenvalue weighted by Gasteiger charge is 2.12. The van der Waals surface area contributed by atoms with Crippen molar-refractivity contribution in [2.75, 3.05) is 6.26 Å². The van der Waals surface area contributed by atoms with Crippen molar-refractivity contribution in [2.45, 2.75) is 4.90 Å². The van der Waals surface area contributed by atoms with Crippen LogP contribution in [0.15, 0.2) is 27.9 Å². The summed E-state index contributed by atoms with van der Waals surface area (Å²) in [6.45, 7) is 0. The van der Waals surface area contributed by atoms with Crippen LogP contribution >= 0.6 is 0 Å². The second kappa shape index (κ2) is 2.71. The molecule has 0 radical (unpaired) electrons. The van der Waals surface area contributed by atoms with Crippen LogP contribution in [0.25, 0.3) is 11.0 Å².